The number of hydrogen-bond donors (Lipinski definition) is 2. The van der Waals surface area contributed by atoms with E-state index >= 15 is 0 Å². The molecule has 0 unspecified atom stereocenters. The van der Waals surface area contributed by atoms with Crippen molar-refractivity contribution in [1.29, 1.82) is 0 Å². The molecule has 0 heterocycles. The van der Waals surface area contributed by atoms with E-state index in [-0.39, 0.29) is 0 Å². The molecule has 2 aromatic rings. The SMILES string of the molecule is Oc1ccc(C(c2ccc(O)cc2)[C@H]2[C@@H]3CC=C[C@H]2CCC3)cc1. The Morgan fingerprint density at radius 3 is 1.92 bits per heavy atom. The molecule has 2 aliphatic carbocycles. The van der Waals surface area contributed by atoms with E-state index in [1.165, 1.54) is 36.8 Å². The van der Waals surface area contributed by atoms with Crippen LogP contribution in [0.2, 0.25) is 0 Å². The van der Waals surface area contributed by atoms with Crippen LogP contribution in [0, 0.1) is 17.8 Å². The van der Waals surface area contributed by atoms with Crippen LogP contribution in [0.4, 0.5) is 0 Å². The molecule has 1 saturated carbocycles. The Labute approximate surface area is 143 Å². The van der Waals surface area contributed by atoms with Gasteiger partial charge in [0.1, 0.15) is 11.5 Å². The summed E-state index contributed by atoms with van der Waals surface area (Å²) < 4.78 is 0. The molecule has 2 aromatic carbocycles. The maximum absolute atomic E-state index is 9.67. The molecule has 124 valence electrons. The summed E-state index contributed by atoms with van der Waals surface area (Å²) in [6.45, 7) is 0. The molecule has 0 aromatic heterocycles. The van der Waals surface area contributed by atoms with Crippen LogP contribution >= 0.6 is 0 Å². The Morgan fingerprint density at radius 2 is 1.38 bits per heavy atom. The van der Waals surface area contributed by atoms with Gasteiger partial charge in [0, 0.05) is 5.92 Å². The monoisotopic (exact) mass is 320 g/mol. The Morgan fingerprint density at radius 1 is 0.792 bits per heavy atom. The summed E-state index contributed by atoms with van der Waals surface area (Å²) in [5.41, 5.74) is 2.52. The van der Waals surface area contributed by atoms with E-state index in [4.69, 9.17) is 0 Å². The Balaban J connectivity index is 1.79. The third-order valence-electron chi connectivity index (χ3n) is 5.86. The summed E-state index contributed by atoms with van der Waals surface area (Å²) in [6.07, 6.45) is 9.87. The second kappa shape index (κ2) is 6.35. The van der Waals surface area contributed by atoms with Crippen molar-refractivity contribution < 1.29 is 10.2 Å². The zero-order chi connectivity index (χ0) is 16.5. The Hall–Kier alpha value is -2.22. The molecule has 4 rings (SSSR count). The minimum Gasteiger partial charge on any atom is -0.508 e. The van der Waals surface area contributed by atoms with Gasteiger partial charge in [-0.2, -0.15) is 0 Å². The van der Waals surface area contributed by atoms with Crippen LogP contribution in [0.1, 0.15) is 42.7 Å². The highest BCUT2D eigenvalue weighted by Crippen LogP contribution is 2.50. The summed E-state index contributed by atoms with van der Waals surface area (Å²) >= 11 is 0. The normalized spacial score (nSPS) is 25.8. The van der Waals surface area contributed by atoms with Crippen molar-refractivity contribution in [3.05, 3.63) is 71.8 Å². The van der Waals surface area contributed by atoms with Gasteiger partial charge in [-0.15, -0.1) is 0 Å². The van der Waals surface area contributed by atoms with E-state index in [1.54, 1.807) is 24.3 Å². The van der Waals surface area contributed by atoms with E-state index in [0.29, 0.717) is 29.3 Å². The molecular weight excluding hydrogens is 296 g/mol. The number of allylic oxidation sites excluding steroid dienone is 2. The first-order valence-corrected chi connectivity index (χ1v) is 8.97. The first-order chi connectivity index (χ1) is 11.7. The standard InChI is InChI=1S/C22H24O2/c23-19-11-7-17(8-12-19)22(18-9-13-20(24)14-10-18)21-15-3-1-4-16(21)6-2-5-15/h1,3,7-16,21-24H,2,4-6H2/t15-,16+,21+/m0/s1. The van der Waals surface area contributed by atoms with Crippen molar-refractivity contribution in [2.45, 2.75) is 31.6 Å². The minimum atomic E-state index is 0.312. The molecule has 2 heteroatoms. The number of rotatable bonds is 3. The van der Waals surface area contributed by atoms with Crippen LogP contribution in [0.15, 0.2) is 60.7 Å². The molecule has 0 radical (unpaired) electrons. The van der Waals surface area contributed by atoms with Crippen LogP contribution in [-0.2, 0) is 0 Å². The van der Waals surface area contributed by atoms with Crippen LogP contribution in [-0.4, -0.2) is 10.2 Å². The van der Waals surface area contributed by atoms with Crippen molar-refractivity contribution in [1.82, 2.24) is 0 Å². The summed E-state index contributed by atoms with van der Waals surface area (Å²) in [6, 6.07) is 15.4. The average molecular weight is 320 g/mol. The van der Waals surface area contributed by atoms with Gasteiger partial charge in [-0.05, 0) is 72.4 Å². The van der Waals surface area contributed by atoms with Crippen molar-refractivity contribution in [3.8, 4) is 11.5 Å². The van der Waals surface area contributed by atoms with E-state index in [1.807, 2.05) is 0 Å². The number of benzene rings is 2. The van der Waals surface area contributed by atoms with Crippen LogP contribution in [0.3, 0.4) is 0 Å². The molecular formula is C22H24O2. The van der Waals surface area contributed by atoms with Crippen molar-refractivity contribution in [3.63, 3.8) is 0 Å². The lowest BCUT2D eigenvalue weighted by molar-refractivity contribution is 0.155. The van der Waals surface area contributed by atoms with Crippen molar-refractivity contribution in [2.24, 2.45) is 17.8 Å². The molecule has 24 heavy (non-hydrogen) atoms. The fourth-order valence-electron chi connectivity index (χ4n) is 4.80. The van der Waals surface area contributed by atoms with Crippen LogP contribution in [0.5, 0.6) is 11.5 Å². The predicted molar refractivity (Wildman–Crippen MR) is 96.1 cm³/mol. The van der Waals surface area contributed by atoms with Gasteiger partial charge in [-0.1, -0.05) is 42.8 Å². The van der Waals surface area contributed by atoms with Gasteiger partial charge in [-0.3, -0.25) is 0 Å². The fraction of sp³-hybridized carbons (Fsp3) is 0.364. The van der Waals surface area contributed by atoms with Crippen LogP contribution < -0.4 is 0 Å². The van der Waals surface area contributed by atoms with Gasteiger partial charge in [0.05, 0.1) is 0 Å². The number of hydrogen-bond acceptors (Lipinski definition) is 2. The second-order valence-electron chi connectivity index (χ2n) is 7.26. The Kier molecular flexibility index (Phi) is 4.05. The topological polar surface area (TPSA) is 40.5 Å². The van der Waals surface area contributed by atoms with Gasteiger partial charge in [0.15, 0.2) is 0 Å². The second-order valence-corrected chi connectivity index (χ2v) is 7.26. The highest BCUT2D eigenvalue weighted by atomic mass is 16.3. The van der Waals surface area contributed by atoms with Gasteiger partial charge in [0.2, 0.25) is 0 Å². The lowest BCUT2D eigenvalue weighted by atomic mass is 9.60. The molecule has 0 aliphatic heterocycles. The van der Waals surface area contributed by atoms with Gasteiger partial charge < -0.3 is 10.2 Å². The quantitative estimate of drug-likeness (QED) is 0.761. The molecule has 2 aliphatic rings. The molecule has 3 atom stereocenters. The molecule has 2 bridgehead atoms. The first-order valence-electron chi connectivity index (χ1n) is 8.97. The van der Waals surface area contributed by atoms with Crippen LogP contribution in [0.25, 0.3) is 0 Å². The zero-order valence-electron chi connectivity index (χ0n) is 13.8. The molecule has 0 saturated heterocycles. The van der Waals surface area contributed by atoms with Gasteiger partial charge in [0.25, 0.3) is 0 Å². The number of fused-ring (bicyclic) bond motifs is 2. The smallest absolute Gasteiger partial charge is 0.115 e. The highest BCUT2D eigenvalue weighted by Gasteiger charge is 2.40. The predicted octanol–water partition coefficient (Wildman–Crippen LogP) is 5.22. The lowest BCUT2D eigenvalue weighted by Gasteiger charge is -2.44. The first kappa shape index (κ1) is 15.3. The number of phenolic OH excluding ortho intramolecular Hbond substituents is 2. The summed E-state index contributed by atoms with van der Waals surface area (Å²) in [7, 11) is 0. The third kappa shape index (κ3) is 2.82. The van der Waals surface area contributed by atoms with Crippen molar-refractivity contribution in [2.75, 3.05) is 0 Å². The van der Waals surface area contributed by atoms with Gasteiger partial charge in [-0.25, -0.2) is 0 Å². The molecule has 2 N–H and O–H groups in total. The van der Waals surface area contributed by atoms with E-state index in [0.717, 1.165) is 5.92 Å². The fourth-order valence-corrected chi connectivity index (χ4v) is 4.80. The molecule has 1 fully saturated rings. The maximum Gasteiger partial charge on any atom is 0.115 e. The zero-order valence-corrected chi connectivity index (χ0v) is 13.8. The number of aromatic hydroxyl groups is 2. The summed E-state index contributed by atoms with van der Waals surface area (Å²) in [5, 5.41) is 19.3. The third-order valence-corrected chi connectivity index (χ3v) is 5.86. The van der Waals surface area contributed by atoms with Gasteiger partial charge >= 0.3 is 0 Å². The minimum absolute atomic E-state index is 0.312. The summed E-state index contributed by atoms with van der Waals surface area (Å²) in [5.74, 6) is 2.88. The maximum atomic E-state index is 9.67. The highest BCUT2D eigenvalue weighted by molar-refractivity contribution is 5.39. The molecule has 0 spiro atoms. The molecule has 2 nitrogen and oxygen atoms in total. The largest absolute Gasteiger partial charge is 0.508 e. The Bertz CT molecular complexity index is 669. The van der Waals surface area contributed by atoms with E-state index in [9.17, 15) is 10.2 Å². The lowest BCUT2D eigenvalue weighted by Crippen LogP contribution is -2.34. The van der Waals surface area contributed by atoms with E-state index in [2.05, 4.69) is 36.4 Å². The number of phenols is 2. The summed E-state index contributed by atoms with van der Waals surface area (Å²) in [4.78, 5) is 0. The van der Waals surface area contributed by atoms with Crippen molar-refractivity contribution >= 4 is 0 Å². The molecule has 0 amide bonds. The van der Waals surface area contributed by atoms with E-state index < -0.39 is 0 Å². The average Bonchev–Trinajstić information content (AvgIpc) is 2.58.